The Balaban J connectivity index is 2.08. The van der Waals surface area contributed by atoms with Gasteiger partial charge in [0, 0.05) is 6.07 Å². The number of benzene rings is 1. The van der Waals surface area contributed by atoms with Gasteiger partial charge in [-0.25, -0.2) is 9.78 Å². The quantitative estimate of drug-likeness (QED) is 0.876. The van der Waals surface area contributed by atoms with Crippen molar-refractivity contribution in [2.24, 2.45) is 0 Å². The summed E-state index contributed by atoms with van der Waals surface area (Å²) >= 11 is 0. The van der Waals surface area contributed by atoms with Crippen LogP contribution in [0.1, 0.15) is 30.7 Å². The van der Waals surface area contributed by atoms with E-state index in [9.17, 15) is 4.79 Å². The molecule has 1 aromatic heterocycles. The zero-order chi connectivity index (χ0) is 17.5. The van der Waals surface area contributed by atoms with Crippen LogP contribution in [0.2, 0.25) is 0 Å². The zero-order valence-corrected chi connectivity index (χ0v) is 14.2. The molecule has 1 aromatic carbocycles. The van der Waals surface area contributed by atoms with Gasteiger partial charge in [0.1, 0.15) is 5.60 Å². The second-order valence-electron chi connectivity index (χ2n) is 6.40. The average molecular weight is 324 g/mol. The predicted molar refractivity (Wildman–Crippen MR) is 92.3 cm³/mol. The number of nitrogens with two attached hydrogens (primary N) is 1. The Kier molecular flexibility index (Phi) is 3.79. The summed E-state index contributed by atoms with van der Waals surface area (Å²) in [4.78, 5) is 16.6. The number of rotatable bonds is 3. The molecule has 0 saturated heterocycles. The van der Waals surface area contributed by atoms with Crippen molar-refractivity contribution in [3.05, 3.63) is 59.0 Å². The van der Waals surface area contributed by atoms with Gasteiger partial charge in [-0.2, -0.15) is 0 Å². The lowest BCUT2D eigenvalue weighted by Crippen LogP contribution is -2.22. The number of nitrogens with zero attached hydrogens (tertiary/aromatic N) is 1. The lowest BCUT2D eigenvalue weighted by atomic mass is 9.91. The Morgan fingerprint density at radius 1 is 1.08 bits per heavy atom. The first-order chi connectivity index (χ1) is 11.3. The van der Waals surface area contributed by atoms with Gasteiger partial charge in [0.2, 0.25) is 11.6 Å². The normalized spacial score (nSPS) is 16.2. The largest absolute Gasteiger partial charge is 0.449 e. The van der Waals surface area contributed by atoms with Crippen molar-refractivity contribution < 1.29 is 14.3 Å². The van der Waals surface area contributed by atoms with Crippen molar-refractivity contribution in [3.63, 3.8) is 0 Å². The van der Waals surface area contributed by atoms with Gasteiger partial charge < -0.3 is 15.2 Å². The van der Waals surface area contributed by atoms with Crippen LogP contribution in [0.4, 0.5) is 5.69 Å². The van der Waals surface area contributed by atoms with Crippen molar-refractivity contribution in [2.75, 3.05) is 5.73 Å². The minimum absolute atomic E-state index is 0.167. The van der Waals surface area contributed by atoms with E-state index in [1.807, 2.05) is 45.0 Å². The van der Waals surface area contributed by atoms with E-state index >= 15 is 0 Å². The summed E-state index contributed by atoms with van der Waals surface area (Å²) in [6.07, 6.45) is 0. The average Bonchev–Trinajstić information content (AvgIpc) is 2.73. The molecule has 1 aliphatic heterocycles. The van der Waals surface area contributed by atoms with Gasteiger partial charge in [-0.15, -0.1) is 0 Å². The molecular formula is C19H20N2O3. The molecule has 2 aromatic rings. The van der Waals surface area contributed by atoms with Crippen LogP contribution in [0, 0.1) is 13.8 Å². The second kappa shape index (κ2) is 5.67. The van der Waals surface area contributed by atoms with Crippen LogP contribution < -0.4 is 10.5 Å². The SMILES string of the molecule is Cc1ccc(C2=C(Oc3ccc(N)c(C)n3)C(=O)OC2(C)C)cc1. The maximum atomic E-state index is 12.3. The van der Waals surface area contributed by atoms with E-state index in [-0.39, 0.29) is 5.76 Å². The highest BCUT2D eigenvalue weighted by Gasteiger charge is 2.43. The number of hydrogen-bond acceptors (Lipinski definition) is 5. The molecule has 0 atom stereocenters. The molecule has 1 aliphatic rings. The molecule has 24 heavy (non-hydrogen) atoms. The molecule has 0 radical (unpaired) electrons. The summed E-state index contributed by atoms with van der Waals surface area (Å²) in [6, 6.07) is 11.2. The molecule has 0 amide bonds. The molecule has 5 nitrogen and oxygen atoms in total. The number of aryl methyl sites for hydroxylation is 2. The molecule has 124 valence electrons. The standard InChI is InChI=1S/C19H20N2O3/c1-11-5-7-13(8-6-11)16-17(18(22)24-19(16,3)4)23-15-10-9-14(20)12(2)21-15/h5-10H,20H2,1-4H3. The fourth-order valence-electron chi connectivity index (χ4n) is 2.71. The van der Waals surface area contributed by atoms with Crippen LogP contribution in [-0.2, 0) is 9.53 Å². The smallest absolute Gasteiger partial charge is 0.375 e. The first kappa shape index (κ1) is 16.1. The van der Waals surface area contributed by atoms with E-state index in [4.69, 9.17) is 15.2 Å². The molecule has 2 heterocycles. The molecule has 3 rings (SSSR count). The number of pyridine rings is 1. The third-order valence-corrected chi connectivity index (χ3v) is 4.01. The summed E-state index contributed by atoms with van der Waals surface area (Å²) in [6.45, 7) is 7.49. The number of nitrogen functional groups attached to an aromatic ring is 1. The van der Waals surface area contributed by atoms with E-state index in [1.165, 1.54) is 0 Å². The molecule has 0 bridgehead atoms. The molecule has 0 fully saturated rings. The number of aromatic nitrogens is 1. The number of cyclic esters (lactones) is 1. The van der Waals surface area contributed by atoms with Gasteiger partial charge in [-0.1, -0.05) is 29.8 Å². The number of carbonyl (C=O) groups is 1. The Morgan fingerprint density at radius 2 is 1.75 bits per heavy atom. The lowest BCUT2D eigenvalue weighted by Gasteiger charge is -2.21. The molecule has 0 spiro atoms. The summed E-state index contributed by atoms with van der Waals surface area (Å²) in [7, 11) is 0. The van der Waals surface area contributed by atoms with Gasteiger partial charge in [-0.3, -0.25) is 0 Å². The first-order valence-corrected chi connectivity index (χ1v) is 7.74. The molecule has 2 N–H and O–H groups in total. The van der Waals surface area contributed by atoms with E-state index in [0.29, 0.717) is 22.8 Å². The maximum Gasteiger partial charge on any atom is 0.375 e. The fraction of sp³-hybridized carbons (Fsp3) is 0.263. The van der Waals surface area contributed by atoms with Crippen molar-refractivity contribution >= 4 is 17.2 Å². The molecule has 0 aliphatic carbocycles. The molecule has 5 heteroatoms. The molecule has 0 unspecified atom stereocenters. The Labute approximate surface area is 141 Å². The Hall–Kier alpha value is -2.82. The van der Waals surface area contributed by atoms with Crippen LogP contribution >= 0.6 is 0 Å². The Morgan fingerprint density at radius 3 is 2.38 bits per heavy atom. The van der Waals surface area contributed by atoms with Crippen molar-refractivity contribution in [1.29, 1.82) is 0 Å². The van der Waals surface area contributed by atoms with Gasteiger partial charge in [-0.05, 0) is 39.3 Å². The van der Waals surface area contributed by atoms with Gasteiger partial charge in [0.05, 0.1) is 17.0 Å². The fourth-order valence-corrected chi connectivity index (χ4v) is 2.71. The summed E-state index contributed by atoms with van der Waals surface area (Å²) in [5, 5.41) is 0. The minimum atomic E-state index is -0.773. The summed E-state index contributed by atoms with van der Waals surface area (Å²) in [5.41, 5.74) is 8.97. The third kappa shape index (κ3) is 2.85. The van der Waals surface area contributed by atoms with Crippen LogP contribution in [0.5, 0.6) is 5.88 Å². The van der Waals surface area contributed by atoms with E-state index < -0.39 is 11.6 Å². The van der Waals surface area contributed by atoms with E-state index in [0.717, 1.165) is 11.1 Å². The third-order valence-electron chi connectivity index (χ3n) is 4.01. The number of ether oxygens (including phenoxy) is 2. The Bertz CT molecular complexity index is 836. The van der Waals surface area contributed by atoms with E-state index in [1.54, 1.807) is 19.1 Å². The van der Waals surface area contributed by atoms with Crippen LogP contribution in [0.3, 0.4) is 0 Å². The summed E-state index contributed by atoms with van der Waals surface area (Å²) in [5.74, 6) is -0.0108. The van der Waals surface area contributed by atoms with Crippen LogP contribution in [-0.4, -0.2) is 16.6 Å². The lowest BCUT2D eigenvalue weighted by molar-refractivity contribution is -0.145. The monoisotopic (exact) mass is 324 g/mol. The number of esters is 1. The number of carbonyl (C=O) groups excluding carboxylic acids is 1. The molecular weight excluding hydrogens is 304 g/mol. The zero-order valence-electron chi connectivity index (χ0n) is 14.2. The predicted octanol–water partition coefficient (Wildman–Crippen LogP) is 3.41. The highest BCUT2D eigenvalue weighted by Crippen LogP contribution is 2.40. The highest BCUT2D eigenvalue weighted by molar-refractivity contribution is 6.02. The topological polar surface area (TPSA) is 74.4 Å². The van der Waals surface area contributed by atoms with Gasteiger partial charge in [0.15, 0.2) is 0 Å². The first-order valence-electron chi connectivity index (χ1n) is 7.74. The van der Waals surface area contributed by atoms with Crippen molar-refractivity contribution in [3.8, 4) is 5.88 Å². The second-order valence-corrected chi connectivity index (χ2v) is 6.40. The van der Waals surface area contributed by atoms with Crippen molar-refractivity contribution in [1.82, 2.24) is 4.98 Å². The van der Waals surface area contributed by atoms with Crippen molar-refractivity contribution in [2.45, 2.75) is 33.3 Å². The van der Waals surface area contributed by atoms with Gasteiger partial charge >= 0.3 is 5.97 Å². The molecule has 0 saturated carbocycles. The van der Waals surface area contributed by atoms with Crippen LogP contribution in [0.25, 0.3) is 5.57 Å². The van der Waals surface area contributed by atoms with E-state index in [2.05, 4.69) is 4.98 Å². The minimum Gasteiger partial charge on any atom is -0.449 e. The number of hydrogen-bond donors (Lipinski definition) is 1. The number of anilines is 1. The summed E-state index contributed by atoms with van der Waals surface area (Å²) < 4.78 is 11.3. The highest BCUT2D eigenvalue weighted by atomic mass is 16.6. The van der Waals surface area contributed by atoms with Crippen LogP contribution in [0.15, 0.2) is 42.2 Å². The maximum absolute atomic E-state index is 12.3. The van der Waals surface area contributed by atoms with Gasteiger partial charge in [0.25, 0.3) is 0 Å².